The molecule has 0 aliphatic rings. The van der Waals surface area contributed by atoms with Gasteiger partial charge in [-0.05, 0) is 56.3 Å². The molecular weight excluding hydrogens is 358 g/mol. The molecule has 4 nitrogen and oxygen atoms in total. The third-order valence-electron chi connectivity index (χ3n) is 3.08. The SMILES string of the molecule is CCOC(OCC)c1cc(Oc2ccc(C#N)cc2)ccc1Br. The van der Waals surface area contributed by atoms with Gasteiger partial charge in [0, 0.05) is 23.2 Å². The molecule has 0 unspecified atom stereocenters. The maximum absolute atomic E-state index is 8.82. The zero-order chi connectivity index (χ0) is 16.7. The van der Waals surface area contributed by atoms with Gasteiger partial charge in [-0.25, -0.2) is 0 Å². The number of nitrogens with zero attached hydrogens (tertiary/aromatic N) is 1. The van der Waals surface area contributed by atoms with Crippen molar-refractivity contribution in [2.45, 2.75) is 20.1 Å². The Balaban J connectivity index is 2.22. The van der Waals surface area contributed by atoms with Crippen LogP contribution in [0, 0.1) is 11.3 Å². The van der Waals surface area contributed by atoms with Crippen LogP contribution in [0.4, 0.5) is 0 Å². The normalized spacial score (nSPS) is 10.6. The van der Waals surface area contributed by atoms with Crippen LogP contribution in [0.15, 0.2) is 46.9 Å². The van der Waals surface area contributed by atoms with E-state index >= 15 is 0 Å². The van der Waals surface area contributed by atoms with Gasteiger partial charge in [-0.2, -0.15) is 5.26 Å². The van der Waals surface area contributed by atoms with Crippen molar-refractivity contribution in [3.63, 3.8) is 0 Å². The van der Waals surface area contributed by atoms with Crippen molar-refractivity contribution in [2.24, 2.45) is 0 Å². The van der Waals surface area contributed by atoms with Crippen LogP contribution >= 0.6 is 15.9 Å². The van der Waals surface area contributed by atoms with Crippen molar-refractivity contribution in [3.05, 3.63) is 58.1 Å². The van der Waals surface area contributed by atoms with Gasteiger partial charge in [-0.15, -0.1) is 0 Å². The van der Waals surface area contributed by atoms with Crippen molar-refractivity contribution in [1.29, 1.82) is 5.26 Å². The second-order valence-electron chi connectivity index (χ2n) is 4.66. The van der Waals surface area contributed by atoms with Crippen molar-refractivity contribution < 1.29 is 14.2 Å². The van der Waals surface area contributed by atoms with Crippen molar-refractivity contribution in [1.82, 2.24) is 0 Å². The highest BCUT2D eigenvalue weighted by atomic mass is 79.9. The molecule has 0 N–H and O–H groups in total. The van der Waals surface area contributed by atoms with Gasteiger partial charge < -0.3 is 14.2 Å². The Bertz CT molecular complexity index is 674. The molecule has 120 valence electrons. The average Bonchev–Trinajstić information content (AvgIpc) is 2.57. The van der Waals surface area contributed by atoms with Gasteiger partial charge >= 0.3 is 0 Å². The number of rotatable bonds is 7. The quantitative estimate of drug-likeness (QED) is 0.625. The second kappa shape index (κ2) is 8.68. The van der Waals surface area contributed by atoms with Crippen LogP contribution in [0.25, 0.3) is 0 Å². The van der Waals surface area contributed by atoms with E-state index in [0.29, 0.717) is 30.3 Å². The number of benzene rings is 2. The highest BCUT2D eigenvalue weighted by Gasteiger charge is 2.16. The lowest BCUT2D eigenvalue weighted by molar-refractivity contribution is -0.140. The summed E-state index contributed by atoms with van der Waals surface area (Å²) in [5.74, 6) is 1.35. The molecule has 23 heavy (non-hydrogen) atoms. The Hall–Kier alpha value is -1.87. The Morgan fingerprint density at radius 2 is 1.61 bits per heavy atom. The van der Waals surface area contributed by atoms with Gasteiger partial charge in [0.05, 0.1) is 11.6 Å². The molecule has 0 atom stereocenters. The molecule has 2 aromatic carbocycles. The fourth-order valence-electron chi connectivity index (χ4n) is 2.03. The van der Waals surface area contributed by atoms with Crippen molar-refractivity contribution in [3.8, 4) is 17.6 Å². The van der Waals surface area contributed by atoms with Crippen molar-refractivity contribution >= 4 is 15.9 Å². The maximum atomic E-state index is 8.82. The molecule has 0 aliphatic carbocycles. The Kier molecular flexibility index (Phi) is 6.60. The second-order valence-corrected chi connectivity index (χ2v) is 5.52. The van der Waals surface area contributed by atoms with Crippen LogP contribution < -0.4 is 4.74 Å². The number of ether oxygens (including phenoxy) is 3. The smallest absolute Gasteiger partial charge is 0.184 e. The Morgan fingerprint density at radius 3 is 2.17 bits per heavy atom. The summed E-state index contributed by atoms with van der Waals surface area (Å²) < 4.78 is 18.0. The Morgan fingerprint density at radius 1 is 1.00 bits per heavy atom. The molecule has 0 aromatic heterocycles. The summed E-state index contributed by atoms with van der Waals surface area (Å²) in [4.78, 5) is 0. The lowest BCUT2D eigenvalue weighted by Crippen LogP contribution is -2.09. The molecule has 0 saturated carbocycles. The molecule has 0 saturated heterocycles. The molecule has 2 rings (SSSR count). The van der Waals surface area contributed by atoms with E-state index in [1.165, 1.54) is 0 Å². The minimum absolute atomic E-state index is 0.441. The molecule has 0 spiro atoms. The van der Waals surface area contributed by atoms with Gasteiger partial charge in [0.2, 0.25) is 0 Å². The molecule has 5 heteroatoms. The molecule has 0 radical (unpaired) electrons. The number of hydrogen-bond donors (Lipinski definition) is 0. The van der Waals surface area contributed by atoms with Gasteiger partial charge in [-0.1, -0.05) is 15.9 Å². The van der Waals surface area contributed by atoms with Gasteiger partial charge in [-0.3, -0.25) is 0 Å². The van der Waals surface area contributed by atoms with E-state index in [0.717, 1.165) is 10.0 Å². The Labute approximate surface area is 144 Å². The maximum Gasteiger partial charge on any atom is 0.184 e. The van der Waals surface area contributed by atoms with Gasteiger partial charge in [0.25, 0.3) is 0 Å². The highest BCUT2D eigenvalue weighted by Crippen LogP contribution is 2.32. The predicted molar refractivity (Wildman–Crippen MR) is 91.4 cm³/mol. The van der Waals surface area contributed by atoms with Crippen LogP contribution in [0.1, 0.15) is 31.3 Å². The average molecular weight is 376 g/mol. The summed E-state index contributed by atoms with van der Waals surface area (Å²) >= 11 is 3.52. The summed E-state index contributed by atoms with van der Waals surface area (Å²) in [5.41, 5.74) is 1.47. The molecule has 0 bridgehead atoms. The summed E-state index contributed by atoms with van der Waals surface area (Å²) in [6.45, 7) is 4.96. The molecule has 0 aliphatic heterocycles. The fourth-order valence-corrected chi connectivity index (χ4v) is 2.46. The first-order chi connectivity index (χ1) is 11.2. The summed E-state index contributed by atoms with van der Waals surface area (Å²) in [5, 5.41) is 8.82. The van der Waals surface area contributed by atoms with Crippen LogP contribution in [-0.4, -0.2) is 13.2 Å². The minimum Gasteiger partial charge on any atom is -0.457 e. The molecular formula is C18H18BrNO3. The lowest BCUT2D eigenvalue weighted by Gasteiger charge is -2.19. The predicted octanol–water partition coefficient (Wildman–Crippen LogP) is 5.18. The third-order valence-corrected chi connectivity index (χ3v) is 3.80. The first kappa shape index (κ1) is 17.5. The monoisotopic (exact) mass is 375 g/mol. The fraction of sp³-hybridized carbons (Fsp3) is 0.278. The molecule has 0 amide bonds. The molecule has 2 aromatic rings. The van der Waals surface area contributed by atoms with Crippen LogP contribution in [-0.2, 0) is 9.47 Å². The number of halogens is 1. The van der Waals surface area contributed by atoms with Crippen LogP contribution in [0.5, 0.6) is 11.5 Å². The van der Waals surface area contributed by atoms with Crippen LogP contribution in [0.2, 0.25) is 0 Å². The lowest BCUT2D eigenvalue weighted by atomic mass is 10.2. The third kappa shape index (κ3) is 4.80. The van der Waals surface area contributed by atoms with Crippen molar-refractivity contribution in [2.75, 3.05) is 13.2 Å². The van der Waals surface area contributed by atoms with Gasteiger partial charge in [0.15, 0.2) is 6.29 Å². The molecule has 0 fully saturated rings. The first-order valence-electron chi connectivity index (χ1n) is 7.38. The number of nitriles is 1. The van der Waals surface area contributed by atoms with Gasteiger partial charge in [0.1, 0.15) is 11.5 Å². The number of hydrogen-bond acceptors (Lipinski definition) is 4. The molecule has 0 heterocycles. The van der Waals surface area contributed by atoms with E-state index in [1.807, 2.05) is 32.0 Å². The van der Waals surface area contributed by atoms with E-state index in [4.69, 9.17) is 19.5 Å². The zero-order valence-electron chi connectivity index (χ0n) is 13.1. The van der Waals surface area contributed by atoms with E-state index in [1.54, 1.807) is 24.3 Å². The van der Waals surface area contributed by atoms with Crippen LogP contribution in [0.3, 0.4) is 0 Å². The summed E-state index contributed by atoms with van der Waals surface area (Å²) in [6, 6.07) is 14.7. The minimum atomic E-state index is -0.441. The largest absolute Gasteiger partial charge is 0.457 e. The standard InChI is InChI=1S/C18H18BrNO3/c1-3-21-18(22-4-2)16-11-15(9-10-17(16)19)23-14-7-5-13(12-20)6-8-14/h5-11,18H,3-4H2,1-2H3. The highest BCUT2D eigenvalue weighted by molar-refractivity contribution is 9.10. The van der Waals surface area contributed by atoms with E-state index in [2.05, 4.69) is 22.0 Å². The summed E-state index contributed by atoms with van der Waals surface area (Å²) in [7, 11) is 0. The van der Waals surface area contributed by atoms with E-state index in [-0.39, 0.29) is 0 Å². The topological polar surface area (TPSA) is 51.5 Å². The van der Waals surface area contributed by atoms with E-state index < -0.39 is 6.29 Å². The van der Waals surface area contributed by atoms with E-state index in [9.17, 15) is 0 Å². The first-order valence-corrected chi connectivity index (χ1v) is 8.17. The zero-order valence-corrected chi connectivity index (χ0v) is 14.7. The summed E-state index contributed by atoms with van der Waals surface area (Å²) in [6.07, 6.45) is -0.441.